The Morgan fingerprint density at radius 3 is 2.28 bits per heavy atom. The van der Waals surface area contributed by atoms with E-state index in [4.69, 9.17) is 0 Å². The normalized spacial score (nSPS) is 10.3. The number of aryl methyl sites for hydroxylation is 1. The van der Waals surface area contributed by atoms with Gasteiger partial charge in [0.1, 0.15) is 5.82 Å². The molecular weight excluding hydrogens is 361 g/mol. The summed E-state index contributed by atoms with van der Waals surface area (Å²) in [4.78, 5) is 2.41. The van der Waals surface area contributed by atoms with Gasteiger partial charge in [-0.05, 0) is 74.0 Å². The highest BCUT2D eigenvalue weighted by Crippen LogP contribution is 2.22. The molecule has 0 aliphatic carbocycles. The number of fused-ring (bicyclic) bond motifs is 1. The maximum absolute atomic E-state index is 13.0. The summed E-state index contributed by atoms with van der Waals surface area (Å²) in [5, 5.41) is 4.24. The minimum atomic E-state index is -0.250. The zero-order valence-corrected chi connectivity index (χ0v) is 18.2. The van der Waals surface area contributed by atoms with Gasteiger partial charge in [-0.3, -0.25) is 4.90 Å². The first-order valence-electron chi connectivity index (χ1n) is 10.5. The van der Waals surface area contributed by atoms with Crippen molar-refractivity contribution in [2.24, 2.45) is 0 Å². The van der Waals surface area contributed by atoms with E-state index in [1.165, 1.54) is 28.6 Å². The van der Waals surface area contributed by atoms with E-state index >= 15 is 0 Å². The largest absolute Gasteiger partial charge is 0.334 e. The Labute approximate surface area is 174 Å². The van der Waals surface area contributed by atoms with Crippen LogP contribution in [0.3, 0.4) is 0 Å². The SMILES string of the molecule is CC.CCN(CC)Cc1ccc2c(c1)cc(C#CNc1ccc(F)cc1)n2CC. The molecule has 3 nitrogen and oxygen atoms in total. The summed E-state index contributed by atoms with van der Waals surface area (Å²) in [5.41, 5.74) is 4.28. The van der Waals surface area contributed by atoms with E-state index in [0.29, 0.717) is 0 Å². The molecule has 0 radical (unpaired) electrons. The molecule has 4 heteroatoms. The molecule has 3 aromatic rings. The third-order valence-corrected chi connectivity index (χ3v) is 4.82. The molecule has 1 heterocycles. The van der Waals surface area contributed by atoms with Gasteiger partial charge in [0.2, 0.25) is 0 Å². The van der Waals surface area contributed by atoms with Crippen molar-refractivity contribution in [1.82, 2.24) is 9.47 Å². The number of benzene rings is 2. The number of nitrogens with one attached hydrogen (secondary N) is 1. The van der Waals surface area contributed by atoms with Gasteiger partial charge in [-0.15, -0.1) is 0 Å². The molecule has 0 fully saturated rings. The molecule has 1 N–H and O–H groups in total. The molecule has 3 rings (SSSR count). The van der Waals surface area contributed by atoms with Crippen molar-refractivity contribution < 1.29 is 4.39 Å². The third-order valence-electron chi connectivity index (χ3n) is 4.82. The van der Waals surface area contributed by atoms with Crippen LogP contribution in [-0.2, 0) is 13.1 Å². The third kappa shape index (κ3) is 5.85. The fourth-order valence-electron chi connectivity index (χ4n) is 3.27. The molecule has 0 atom stereocenters. The van der Waals surface area contributed by atoms with Gasteiger partial charge in [0.15, 0.2) is 0 Å². The monoisotopic (exact) mass is 393 g/mol. The zero-order valence-electron chi connectivity index (χ0n) is 18.2. The van der Waals surface area contributed by atoms with Gasteiger partial charge in [0.25, 0.3) is 0 Å². The first-order valence-corrected chi connectivity index (χ1v) is 10.5. The Morgan fingerprint density at radius 1 is 0.966 bits per heavy atom. The van der Waals surface area contributed by atoms with Crippen LogP contribution in [0.4, 0.5) is 10.1 Å². The van der Waals surface area contributed by atoms with Crippen LogP contribution in [0.25, 0.3) is 10.9 Å². The maximum atomic E-state index is 13.0. The summed E-state index contributed by atoms with van der Waals surface area (Å²) in [6.07, 6.45) is 0. The van der Waals surface area contributed by atoms with E-state index in [2.05, 4.69) is 71.8 Å². The summed E-state index contributed by atoms with van der Waals surface area (Å²) in [6.45, 7) is 14.4. The highest BCUT2D eigenvalue weighted by Gasteiger charge is 2.08. The maximum Gasteiger partial charge on any atom is 0.123 e. The van der Waals surface area contributed by atoms with Crippen LogP contribution in [0.2, 0.25) is 0 Å². The second-order valence-electron chi connectivity index (χ2n) is 6.51. The molecule has 0 saturated carbocycles. The van der Waals surface area contributed by atoms with Gasteiger partial charge in [-0.2, -0.15) is 0 Å². The second-order valence-corrected chi connectivity index (χ2v) is 6.51. The van der Waals surface area contributed by atoms with Crippen LogP contribution in [0.1, 0.15) is 45.9 Å². The number of anilines is 1. The Hall–Kier alpha value is -2.77. The van der Waals surface area contributed by atoms with E-state index in [1.54, 1.807) is 12.1 Å². The van der Waals surface area contributed by atoms with Gasteiger partial charge >= 0.3 is 0 Å². The number of hydrogen-bond acceptors (Lipinski definition) is 2. The molecule has 0 aliphatic heterocycles. The van der Waals surface area contributed by atoms with E-state index in [0.717, 1.165) is 37.6 Å². The molecule has 0 unspecified atom stereocenters. The van der Waals surface area contributed by atoms with Crippen LogP contribution in [0, 0.1) is 17.8 Å². The fraction of sp³-hybridized carbons (Fsp3) is 0.360. The predicted octanol–water partition coefficient (Wildman–Crippen LogP) is 6.09. The first-order chi connectivity index (χ1) is 14.1. The lowest BCUT2D eigenvalue weighted by atomic mass is 10.1. The molecule has 2 aromatic carbocycles. The quantitative estimate of drug-likeness (QED) is 0.404. The fourth-order valence-corrected chi connectivity index (χ4v) is 3.27. The van der Waals surface area contributed by atoms with E-state index < -0.39 is 0 Å². The lowest BCUT2D eigenvalue weighted by Crippen LogP contribution is -2.21. The molecule has 1 aromatic heterocycles. The predicted molar refractivity (Wildman–Crippen MR) is 122 cm³/mol. The molecule has 0 bridgehead atoms. The summed E-state index contributed by atoms with van der Waals surface area (Å²) in [5.74, 6) is 2.95. The van der Waals surface area contributed by atoms with E-state index in [1.807, 2.05) is 13.8 Å². The van der Waals surface area contributed by atoms with Crippen LogP contribution in [-0.4, -0.2) is 22.6 Å². The molecule has 154 valence electrons. The van der Waals surface area contributed by atoms with Crippen molar-refractivity contribution in [2.75, 3.05) is 18.4 Å². The van der Waals surface area contributed by atoms with E-state index in [-0.39, 0.29) is 5.82 Å². The van der Waals surface area contributed by atoms with Crippen molar-refractivity contribution >= 4 is 16.6 Å². The summed E-state index contributed by atoms with van der Waals surface area (Å²) >= 11 is 0. The summed E-state index contributed by atoms with van der Waals surface area (Å²) in [7, 11) is 0. The highest BCUT2D eigenvalue weighted by molar-refractivity contribution is 5.83. The minimum absolute atomic E-state index is 0.250. The number of nitrogens with zero attached hydrogens (tertiary/aromatic N) is 2. The first kappa shape index (κ1) is 22.5. The highest BCUT2D eigenvalue weighted by atomic mass is 19.1. The Kier molecular flexibility index (Phi) is 8.76. The number of aromatic nitrogens is 1. The van der Waals surface area contributed by atoms with Crippen molar-refractivity contribution in [3.8, 4) is 12.0 Å². The van der Waals surface area contributed by atoms with Crippen LogP contribution >= 0.6 is 0 Å². The van der Waals surface area contributed by atoms with Crippen molar-refractivity contribution in [2.45, 2.75) is 47.7 Å². The van der Waals surface area contributed by atoms with Gasteiger partial charge in [-0.25, -0.2) is 4.39 Å². The number of halogens is 1. The van der Waals surface area contributed by atoms with Gasteiger partial charge < -0.3 is 9.88 Å². The zero-order chi connectivity index (χ0) is 21.2. The Bertz CT molecular complexity index is 957. The van der Waals surface area contributed by atoms with Crippen molar-refractivity contribution in [1.29, 1.82) is 0 Å². The smallest absolute Gasteiger partial charge is 0.123 e. The lowest BCUT2D eigenvalue weighted by Gasteiger charge is -2.18. The molecule has 0 amide bonds. The average Bonchev–Trinajstić information content (AvgIpc) is 3.11. The van der Waals surface area contributed by atoms with Crippen molar-refractivity contribution in [3.63, 3.8) is 0 Å². The second kappa shape index (κ2) is 11.3. The van der Waals surface area contributed by atoms with Crippen LogP contribution < -0.4 is 5.32 Å². The van der Waals surface area contributed by atoms with Crippen LogP contribution in [0.15, 0.2) is 48.5 Å². The molecule has 29 heavy (non-hydrogen) atoms. The molecule has 0 saturated heterocycles. The topological polar surface area (TPSA) is 20.2 Å². The summed E-state index contributed by atoms with van der Waals surface area (Å²) in [6, 6.07) is 18.0. The number of hydrogen-bond donors (Lipinski definition) is 1. The minimum Gasteiger partial charge on any atom is -0.334 e. The van der Waals surface area contributed by atoms with Crippen LogP contribution in [0.5, 0.6) is 0 Å². The van der Waals surface area contributed by atoms with E-state index in [9.17, 15) is 4.39 Å². The van der Waals surface area contributed by atoms with Gasteiger partial charge in [-0.1, -0.05) is 33.8 Å². The molecule has 0 aliphatic rings. The van der Waals surface area contributed by atoms with Crippen molar-refractivity contribution in [3.05, 3.63) is 65.6 Å². The Balaban J connectivity index is 0.00000145. The Morgan fingerprint density at radius 2 is 1.66 bits per heavy atom. The lowest BCUT2D eigenvalue weighted by molar-refractivity contribution is 0.296. The number of rotatable bonds is 6. The van der Waals surface area contributed by atoms with Gasteiger partial charge in [0.05, 0.1) is 5.69 Å². The molecular formula is C25H32FN3. The standard InChI is InChI=1S/C23H26FN3.C2H6/c1-4-26(5-2)17-18-7-12-23-19(15-18)16-22(27(23)6-3)13-14-25-21-10-8-20(24)9-11-21;1-2/h7-12,15-16,25H,4-6,17H2,1-3H3;1-2H3. The summed E-state index contributed by atoms with van der Waals surface area (Å²) < 4.78 is 15.2. The molecule has 0 spiro atoms. The average molecular weight is 394 g/mol. The van der Waals surface area contributed by atoms with Gasteiger partial charge in [0, 0.05) is 35.7 Å².